The number of alkyl halides is 1. The number of hydrogen-bond donors (Lipinski definition) is 0. The van der Waals surface area contributed by atoms with Crippen molar-refractivity contribution in [3.63, 3.8) is 0 Å². The van der Waals surface area contributed by atoms with Crippen LogP contribution in [-0.4, -0.2) is 33.1 Å². The average Bonchev–Trinajstić information content (AvgIpc) is 2.38. The number of halogens is 1. The molecule has 0 saturated carbocycles. The second-order valence-electron chi connectivity index (χ2n) is 4.40. The predicted molar refractivity (Wildman–Crippen MR) is 72.7 cm³/mol. The summed E-state index contributed by atoms with van der Waals surface area (Å²) >= 11 is 3.67. The van der Waals surface area contributed by atoms with Crippen molar-refractivity contribution in [1.29, 1.82) is 0 Å². The zero-order valence-corrected chi connectivity index (χ0v) is 12.1. The first-order valence-corrected chi connectivity index (χ1v) is 7.27. The van der Waals surface area contributed by atoms with E-state index in [1.165, 1.54) is 12.8 Å². The molecule has 4 nitrogen and oxygen atoms in total. The third kappa shape index (κ3) is 2.94. The minimum Gasteiger partial charge on any atom is -0.338 e. The van der Waals surface area contributed by atoms with Gasteiger partial charge in [0.25, 0.3) is 0 Å². The minimum absolute atomic E-state index is 0.552. The Morgan fingerprint density at radius 3 is 2.65 bits per heavy atom. The maximum atomic E-state index is 4.65. The molecule has 0 amide bonds. The summed E-state index contributed by atoms with van der Waals surface area (Å²) in [6.45, 7) is 6.24. The highest BCUT2D eigenvalue weighted by Crippen LogP contribution is 2.20. The Hall–Kier alpha value is -0.710. The molecule has 0 spiro atoms. The van der Waals surface area contributed by atoms with E-state index in [-0.39, 0.29) is 0 Å². The Morgan fingerprint density at radius 1 is 1.24 bits per heavy atom. The van der Waals surface area contributed by atoms with Crippen molar-refractivity contribution in [2.75, 3.05) is 18.0 Å². The summed E-state index contributed by atoms with van der Waals surface area (Å²) in [5.41, 5.74) is 2.12. The molecule has 1 aromatic heterocycles. The average molecular weight is 299 g/mol. The van der Waals surface area contributed by atoms with Crippen LogP contribution in [0.15, 0.2) is 0 Å². The van der Waals surface area contributed by atoms with E-state index in [4.69, 9.17) is 0 Å². The highest BCUT2D eigenvalue weighted by atomic mass is 79.9. The molecule has 0 aliphatic carbocycles. The van der Waals surface area contributed by atoms with Crippen molar-refractivity contribution in [3.8, 4) is 0 Å². The first kappa shape index (κ1) is 12.7. The molecule has 1 fully saturated rings. The number of aryl methyl sites for hydroxylation is 2. The summed E-state index contributed by atoms with van der Waals surface area (Å²) in [5.74, 6) is 0.795. The molecule has 17 heavy (non-hydrogen) atoms. The van der Waals surface area contributed by atoms with Crippen LogP contribution in [0.5, 0.6) is 0 Å². The van der Waals surface area contributed by atoms with Crippen molar-refractivity contribution in [2.24, 2.45) is 0 Å². The fraction of sp³-hybridized carbons (Fsp3) is 0.750. The first-order valence-electron chi connectivity index (χ1n) is 6.36. The minimum atomic E-state index is 0.552. The van der Waals surface area contributed by atoms with Crippen LogP contribution in [0.1, 0.15) is 38.1 Å². The van der Waals surface area contributed by atoms with Crippen molar-refractivity contribution < 1.29 is 0 Å². The lowest BCUT2D eigenvalue weighted by atomic mass is 10.1. The molecule has 0 bridgehead atoms. The van der Waals surface area contributed by atoms with Crippen LogP contribution in [0.25, 0.3) is 0 Å². The van der Waals surface area contributed by atoms with Gasteiger partial charge < -0.3 is 4.90 Å². The zero-order valence-electron chi connectivity index (χ0n) is 10.5. The molecule has 1 unspecified atom stereocenters. The molecule has 0 N–H and O–H groups in total. The third-order valence-corrected chi connectivity index (χ3v) is 3.89. The lowest BCUT2D eigenvalue weighted by Crippen LogP contribution is -2.37. The van der Waals surface area contributed by atoms with Crippen LogP contribution in [0.4, 0.5) is 5.95 Å². The lowest BCUT2D eigenvalue weighted by molar-refractivity contribution is 0.579. The summed E-state index contributed by atoms with van der Waals surface area (Å²) in [6, 6.07) is 0. The zero-order chi connectivity index (χ0) is 12.3. The Bertz CT molecular complexity index is 383. The molecule has 0 radical (unpaired) electrons. The monoisotopic (exact) mass is 298 g/mol. The van der Waals surface area contributed by atoms with Gasteiger partial charge in [0.05, 0.1) is 11.4 Å². The fourth-order valence-corrected chi connectivity index (χ4v) is 2.84. The van der Waals surface area contributed by atoms with E-state index < -0.39 is 0 Å². The second-order valence-corrected chi connectivity index (χ2v) is 5.69. The van der Waals surface area contributed by atoms with Crippen molar-refractivity contribution >= 4 is 21.9 Å². The maximum absolute atomic E-state index is 4.65. The SMILES string of the molecule is CCc1nnc(N2CCCC(Br)C2)nc1CC. The van der Waals surface area contributed by atoms with E-state index in [0.717, 1.165) is 43.3 Å². The van der Waals surface area contributed by atoms with Gasteiger partial charge in [-0.1, -0.05) is 29.8 Å². The quantitative estimate of drug-likeness (QED) is 0.804. The number of rotatable bonds is 3. The molecular weight excluding hydrogens is 280 g/mol. The largest absolute Gasteiger partial charge is 0.338 e. The van der Waals surface area contributed by atoms with Crippen LogP contribution >= 0.6 is 15.9 Å². The molecule has 1 aromatic rings. The summed E-state index contributed by atoms with van der Waals surface area (Å²) in [5, 5.41) is 8.56. The Kier molecular flexibility index (Phi) is 4.31. The van der Waals surface area contributed by atoms with E-state index in [0.29, 0.717) is 4.83 Å². The van der Waals surface area contributed by atoms with Gasteiger partial charge in [0, 0.05) is 17.9 Å². The molecule has 0 aromatic carbocycles. The topological polar surface area (TPSA) is 41.9 Å². The van der Waals surface area contributed by atoms with Crippen molar-refractivity contribution in [2.45, 2.75) is 44.4 Å². The van der Waals surface area contributed by atoms with E-state index >= 15 is 0 Å². The molecule has 1 aliphatic rings. The molecular formula is C12H19BrN4. The Labute approximate surface area is 111 Å². The molecule has 1 aliphatic heterocycles. The summed E-state index contributed by atoms with van der Waals surface area (Å²) in [7, 11) is 0. The number of anilines is 1. The maximum Gasteiger partial charge on any atom is 0.245 e. The molecule has 2 rings (SSSR count). The Balaban J connectivity index is 2.20. The number of nitrogens with zero attached hydrogens (tertiary/aromatic N) is 4. The van der Waals surface area contributed by atoms with Gasteiger partial charge in [-0.25, -0.2) is 4.98 Å². The Morgan fingerprint density at radius 2 is 2.00 bits per heavy atom. The molecule has 2 heterocycles. The van der Waals surface area contributed by atoms with Crippen LogP contribution in [0, 0.1) is 0 Å². The van der Waals surface area contributed by atoms with Crippen LogP contribution in [-0.2, 0) is 12.8 Å². The fourth-order valence-electron chi connectivity index (χ4n) is 2.17. The smallest absolute Gasteiger partial charge is 0.245 e. The van der Waals surface area contributed by atoms with E-state index in [9.17, 15) is 0 Å². The summed E-state index contributed by atoms with van der Waals surface area (Å²) < 4.78 is 0. The predicted octanol–water partition coefficient (Wildman–Crippen LogP) is 2.36. The van der Waals surface area contributed by atoms with Gasteiger partial charge in [-0.2, -0.15) is 5.10 Å². The van der Waals surface area contributed by atoms with Crippen molar-refractivity contribution in [1.82, 2.24) is 15.2 Å². The third-order valence-electron chi connectivity index (χ3n) is 3.14. The highest BCUT2D eigenvalue weighted by Gasteiger charge is 2.20. The molecule has 94 valence electrons. The van der Waals surface area contributed by atoms with E-state index in [2.05, 4.69) is 49.9 Å². The standard InChI is InChI=1S/C12H19BrN4/c1-3-10-11(4-2)15-16-12(14-10)17-7-5-6-9(13)8-17/h9H,3-8H2,1-2H3. The van der Waals surface area contributed by atoms with Crippen LogP contribution in [0.2, 0.25) is 0 Å². The lowest BCUT2D eigenvalue weighted by Gasteiger charge is -2.29. The summed E-state index contributed by atoms with van der Waals surface area (Å²) in [6.07, 6.45) is 4.26. The summed E-state index contributed by atoms with van der Waals surface area (Å²) in [4.78, 5) is 7.43. The van der Waals surface area contributed by atoms with Crippen LogP contribution in [0.3, 0.4) is 0 Å². The molecule has 1 saturated heterocycles. The van der Waals surface area contributed by atoms with Gasteiger partial charge in [0.2, 0.25) is 5.95 Å². The number of piperidine rings is 1. The van der Waals surface area contributed by atoms with Gasteiger partial charge in [-0.15, -0.1) is 5.10 Å². The number of hydrogen-bond acceptors (Lipinski definition) is 4. The van der Waals surface area contributed by atoms with E-state index in [1.807, 2.05) is 0 Å². The molecule has 1 atom stereocenters. The van der Waals surface area contributed by atoms with Gasteiger partial charge >= 0.3 is 0 Å². The van der Waals surface area contributed by atoms with Crippen molar-refractivity contribution in [3.05, 3.63) is 11.4 Å². The highest BCUT2D eigenvalue weighted by molar-refractivity contribution is 9.09. The van der Waals surface area contributed by atoms with Gasteiger partial charge in [0.15, 0.2) is 0 Å². The van der Waals surface area contributed by atoms with E-state index in [1.54, 1.807) is 0 Å². The van der Waals surface area contributed by atoms with Gasteiger partial charge in [0.1, 0.15) is 0 Å². The molecule has 5 heteroatoms. The van der Waals surface area contributed by atoms with Crippen LogP contribution < -0.4 is 4.90 Å². The second kappa shape index (κ2) is 5.76. The van der Waals surface area contributed by atoms with Gasteiger partial charge in [-0.05, 0) is 25.7 Å². The normalized spacial score (nSPS) is 20.6. The number of aromatic nitrogens is 3. The van der Waals surface area contributed by atoms with Gasteiger partial charge in [-0.3, -0.25) is 0 Å². The first-order chi connectivity index (χ1) is 8.24.